The van der Waals surface area contributed by atoms with E-state index in [0.717, 1.165) is 0 Å². The van der Waals surface area contributed by atoms with Gasteiger partial charge in [0.25, 0.3) is 5.91 Å². The molecule has 0 fully saturated rings. The van der Waals surface area contributed by atoms with Gasteiger partial charge in [-0.05, 0) is 48.9 Å². The van der Waals surface area contributed by atoms with Crippen LogP contribution in [0.1, 0.15) is 21.5 Å². The van der Waals surface area contributed by atoms with Gasteiger partial charge in [0.15, 0.2) is 0 Å². The van der Waals surface area contributed by atoms with Gasteiger partial charge in [0.05, 0.1) is 5.69 Å². The molecule has 2 aromatic rings. The summed E-state index contributed by atoms with van der Waals surface area (Å²) >= 11 is 4.76. The number of anilines is 1. The molecule has 21 heavy (non-hydrogen) atoms. The Bertz CT molecular complexity index is 732. The van der Waals surface area contributed by atoms with Gasteiger partial charge in [-0.2, -0.15) is 0 Å². The zero-order valence-corrected chi connectivity index (χ0v) is 12.0. The first-order valence-corrected chi connectivity index (χ1v) is 6.49. The maximum atomic E-state index is 13.9. The van der Waals surface area contributed by atoms with Crippen LogP contribution in [-0.4, -0.2) is 16.0 Å². The lowest BCUT2D eigenvalue weighted by molar-refractivity contribution is 0.102. The molecule has 1 amide bonds. The number of hydrogen-bond donors (Lipinski definition) is 3. The van der Waals surface area contributed by atoms with Crippen LogP contribution >= 0.6 is 12.2 Å². The smallest absolute Gasteiger partial charge is 0.256 e. The van der Waals surface area contributed by atoms with Crippen molar-refractivity contribution in [1.82, 2.24) is 0 Å². The molecule has 0 atom stereocenters. The Kier molecular flexibility index (Phi) is 4.18. The Hall–Kier alpha value is -2.47. The van der Waals surface area contributed by atoms with Crippen LogP contribution in [0.25, 0.3) is 0 Å². The van der Waals surface area contributed by atoms with E-state index in [-0.39, 0.29) is 16.4 Å². The van der Waals surface area contributed by atoms with Crippen molar-refractivity contribution in [2.45, 2.75) is 6.92 Å². The Labute approximate surface area is 126 Å². The number of phenolic OH excluding ortho intramolecular Hbond substituents is 1. The van der Waals surface area contributed by atoms with E-state index in [9.17, 15) is 14.3 Å². The van der Waals surface area contributed by atoms with Gasteiger partial charge in [0.2, 0.25) is 0 Å². The number of aryl methyl sites for hydroxylation is 1. The van der Waals surface area contributed by atoms with Crippen LogP contribution in [0.5, 0.6) is 5.75 Å². The van der Waals surface area contributed by atoms with Crippen molar-refractivity contribution in [2.24, 2.45) is 5.73 Å². The molecule has 0 aliphatic heterocycles. The third-order valence-electron chi connectivity index (χ3n) is 2.96. The summed E-state index contributed by atoms with van der Waals surface area (Å²) < 4.78 is 13.9. The van der Waals surface area contributed by atoms with Gasteiger partial charge in [0, 0.05) is 11.1 Å². The van der Waals surface area contributed by atoms with Crippen LogP contribution in [-0.2, 0) is 0 Å². The number of nitrogens with one attached hydrogen (secondary N) is 1. The first-order valence-electron chi connectivity index (χ1n) is 6.09. The van der Waals surface area contributed by atoms with Crippen molar-refractivity contribution >= 4 is 28.8 Å². The topological polar surface area (TPSA) is 75.3 Å². The van der Waals surface area contributed by atoms with E-state index in [4.69, 9.17) is 18.0 Å². The predicted octanol–water partition coefficient (Wildman–Crippen LogP) is 2.73. The monoisotopic (exact) mass is 304 g/mol. The molecule has 0 aliphatic rings. The van der Waals surface area contributed by atoms with Crippen molar-refractivity contribution in [3.8, 4) is 5.75 Å². The summed E-state index contributed by atoms with van der Waals surface area (Å²) in [6.45, 7) is 1.68. The Morgan fingerprint density at radius 2 is 2.00 bits per heavy atom. The Balaban J connectivity index is 2.25. The molecule has 4 nitrogen and oxygen atoms in total. The molecule has 0 saturated heterocycles. The van der Waals surface area contributed by atoms with Gasteiger partial charge in [-0.3, -0.25) is 4.79 Å². The van der Waals surface area contributed by atoms with Crippen molar-refractivity contribution < 1.29 is 14.3 Å². The largest absolute Gasteiger partial charge is 0.508 e. The number of carbonyl (C=O) groups excluding carboxylic acids is 1. The van der Waals surface area contributed by atoms with Crippen LogP contribution in [0.2, 0.25) is 0 Å². The second-order valence-electron chi connectivity index (χ2n) is 4.51. The molecule has 0 aliphatic carbocycles. The summed E-state index contributed by atoms with van der Waals surface area (Å²) in [6, 6.07) is 8.43. The van der Waals surface area contributed by atoms with Gasteiger partial charge >= 0.3 is 0 Å². The lowest BCUT2D eigenvalue weighted by Crippen LogP contribution is -2.15. The average Bonchev–Trinajstić information content (AvgIpc) is 2.40. The van der Waals surface area contributed by atoms with E-state index in [1.807, 2.05) is 0 Å². The lowest BCUT2D eigenvalue weighted by Gasteiger charge is -2.09. The summed E-state index contributed by atoms with van der Waals surface area (Å²) in [5.74, 6) is -1.02. The SMILES string of the molecule is Cc1cc(O)ccc1C(=O)Nc1ccc(C(N)=S)cc1F. The molecule has 0 heterocycles. The van der Waals surface area contributed by atoms with Crippen molar-refractivity contribution in [3.63, 3.8) is 0 Å². The molecule has 108 valence electrons. The van der Waals surface area contributed by atoms with Crippen LogP contribution in [0.15, 0.2) is 36.4 Å². The van der Waals surface area contributed by atoms with Gasteiger partial charge in [-0.1, -0.05) is 12.2 Å². The molecule has 6 heteroatoms. The number of amides is 1. The molecule has 0 saturated carbocycles. The van der Waals surface area contributed by atoms with Crippen LogP contribution in [0.4, 0.5) is 10.1 Å². The summed E-state index contributed by atoms with van der Waals surface area (Å²) in [7, 11) is 0. The number of aromatic hydroxyl groups is 1. The van der Waals surface area contributed by atoms with Gasteiger partial charge in [0.1, 0.15) is 16.6 Å². The molecule has 4 N–H and O–H groups in total. The van der Waals surface area contributed by atoms with E-state index in [2.05, 4.69) is 5.32 Å². The van der Waals surface area contributed by atoms with Crippen LogP contribution < -0.4 is 11.1 Å². The minimum absolute atomic E-state index is 0.0347. The fraction of sp³-hybridized carbons (Fsp3) is 0.0667. The van der Waals surface area contributed by atoms with Crippen molar-refractivity contribution in [1.29, 1.82) is 0 Å². The van der Waals surface area contributed by atoms with Gasteiger partial charge in [-0.15, -0.1) is 0 Å². The molecule has 0 aromatic heterocycles. The Morgan fingerprint density at radius 3 is 2.57 bits per heavy atom. The highest BCUT2D eigenvalue weighted by Crippen LogP contribution is 2.20. The average molecular weight is 304 g/mol. The normalized spacial score (nSPS) is 10.2. The molecular formula is C15H13FN2O2S. The number of hydrogen-bond acceptors (Lipinski definition) is 3. The van der Waals surface area contributed by atoms with Crippen molar-refractivity contribution in [2.75, 3.05) is 5.32 Å². The van der Waals surface area contributed by atoms with Crippen LogP contribution in [0.3, 0.4) is 0 Å². The highest BCUT2D eigenvalue weighted by Gasteiger charge is 2.12. The number of carbonyl (C=O) groups is 1. The second-order valence-corrected chi connectivity index (χ2v) is 4.95. The van der Waals surface area contributed by atoms with Crippen LogP contribution in [0, 0.1) is 12.7 Å². The number of nitrogens with two attached hydrogens (primary N) is 1. The summed E-state index contributed by atoms with van der Waals surface area (Å²) in [6.07, 6.45) is 0. The summed E-state index contributed by atoms with van der Waals surface area (Å²) in [4.78, 5) is 12.2. The molecule has 2 rings (SSSR count). The molecule has 0 spiro atoms. The Morgan fingerprint density at radius 1 is 1.29 bits per heavy atom. The van der Waals surface area contributed by atoms with E-state index in [1.165, 1.54) is 36.4 Å². The lowest BCUT2D eigenvalue weighted by atomic mass is 10.1. The minimum Gasteiger partial charge on any atom is -0.508 e. The fourth-order valence-electron chi connectivity index (χ4n) is 1.86. The third kappa shape index (κ3) is 3.35. The zero-order chi connectivity index (χ0) is 15.6. The number of rotatable bonds is 3. The molecule has 2 aromatic carbocycles. The number of benzene rings is 2. The quantitative estimate of drug-likeness (QED) is 0.762. The maximum Gasteiger partial charge on any atom is 0.256 e. The number of halogens is 1. The molecule has 0 bridgehead atoms. The minimum atomic E-state index is -0.620. The first kappa shape index (κ1) is 14.9. The standard InChI is InChI=1S/C15H13FN2O2S/c1-8-6-10(19)3-4-11(8)15(20)18-13-5-2-9(14(17)21)7-12(13)16/h2-7,19H,1H3,(H2,17,21)(H,18,20). The molecule has 0 unspecified atom stereocenters. The van der Waals surface area contributed by atoms with Gasteiger partial charge in [-0.25, -0.2) is 4.39 Å². The molecule has 0 radical (unpaired) electrons. The maximum absolute atomic E-state index is 13.9. The molecular weight excluding hydrogens is 291 g/mol. The zero-order valence-electron chi connectivity index (χ0n) is 11.2. The third-order valence-corrected chi connectivity index (χ3v) is 3.19. The van der Waals surface area contributed by atoms with E-state index in [1.54, 1.807) is 6.92 Å². The van der Waals surface area contributed by atoms with Gasteiger partial charge < -0.3 is 16.2 Å². The van der Waals surface area contributed by atoms with E-state index in [0.29, 0.717) is 16.7 Å². The summed E-state index contributed by atoms with van der Waals surface area (Å²) in [5, 5.41) is 11.8. The first-order chi connectivity index (χ1) is 9.88. The second kappa shape index (κ2) is 5.88. The number of phenols is 1. The van der Waals surface area contributed by atoms with E-state index < -0.39 is 11.7 Å². The predicted molar refractivity (Wildman–Crippen MR) is 83.1 cm³/mol. The van der Waals surface area contributed by atoms with E-state index >= 15 is 0 Å². The van der Waals surface area contributed by atoms with Crippen molar-refractivity contribution in [3.05, 3.63) is 58.9 Å². The highest BCUT2D eigenvalue weighted by molar-refractivity contribution is 7.80. The fourth-order valence-corrected chi connectivity index (χ4v) is 1.99. The summed E-state index contributed by atoms with van der Waals surface area (Å²) in [5.41, 5.74) is 6.78. The highest BCUT2D eigenvalue weighted by atomic mass is 32.1. The number of thiocarbonyl (C=S) groups is 1.